The van der Waals surface area contributed by atoms with E-state index in [1.54, 1.807) is 30.4 Å². The van der Waals surface area contributed by atoms with E-state index < -0.39 is 23.1 Å². The number of carboxylic acid groups (broad SMARTS) is 1. The lowest BCUT2D eigenvalue weighted by Crippen LogP contribution is -2.55. The third kappa shape index (κ3) is 2.72. The molecule has 0 aliphatic heterocycles. The zero-order valence-electron chi connectivity index (χ0n) is 11.6. The van der Waals surface area contributed by atoms with Gasteiger partial charge in [0.05, 0.1) is 12.5 Å². The molecule has 2 aliphatic carbocycles. The molecule has 0 radical (unpaired) electrons. The molecule has 0 bridgehead atoms. The lowest BCUT2D eigenvalue weighted by Gasteiger charge is -2.46. The molecule has 2 aliphatic rings. The second-order valence-corrected chi connectivity index (χ2v) is 5.57. The van der Waals surface area contributed by atoms with Crippen LogP contribution in [0.1, 0.15) is 32.1 Å². The van der Waals surface area contributed by atoms with Crippen LogP contribution in [-0.2, 0) is 9.53 Å². The monoisotopic (exact) mass is 278 g/mol. The number of hydrogen-bond donors (Lipinski definition) is 2. The normalized spacial score (nSPS) is 31.9. The van der Waals surface area contributed by atoms with E-state index in [9.17, 15) is 9.90 Å². The fraction of sp³-hybridized carbons (Fsp3) is 0.562. The number of carbonyl (C=O) groups is 1. The maximum Gasteiger partial charge on any atom is 0.314 e. The molecule has 0 aromatic rings. The average Bonchev–Trinajstić information content (AvgIpc) is 2.46. The Labute approximate surface area is 119 Å². The highest BCUT2D eigenvalue weighted by Crippen LogP contribution is 2.42. The molecular formula is C16H22O4. The molecule has 0 spiro atoms. The van der Waals surface area contributed by atoms with E-state index >= 15 is 0 Å². The largest absolute Gasteiger partial charge is 0.481 e. The fourth-order valence-electron chi connectivity index (χ4n) is 3.04. The molecule has 0 unspecified atom stereocenters. The van der Waals surface area contributed by atoms with Crippen molar-refractivity contribution < 1.29 is 19.7 Å². The number of ether oxygens (including phenoxy) is 1. The fourth-order valence-corrected chi connectivity index (χ4v) is 3.04. The summed E-state index contributed by atoms with van der Waals surface area (Å²) in [6.07, 6.45) is 12.6. The van der Waals surface area contributed by atoms with Crippen molar-refractivity contribution >= 4 is 5.97 Å². The molecule has 0 aromatic carbocycles. The predicted molar refractivity (Wildman–Crippen MR) is 76.3 cm³/mol. The Morgan fingerprint density at radius 1 is 1.30 bits per heavy atom. The van der Waals surface area contributed by atoms with Crippen molar-refractivity contribution in [2.75, 3.05) is 6.61 Å². The zero-order chi connectivity index (χ0) is 14.6. The predicted octanol–water partition coefficient (Wildman–Crippen LogP) is 2.45. The van der Waals surface area contributed by atoms with Crippen LogP contribution in [0.2, 0.25) is 0 Å². The molecule has 110 valence electrons. The molecular weight excluding hydrogens is 256 g/mol. The van der Waals surface area contributed by atoms with Crippen molar-refractivity contribution in [3.05, 3.63) is 37.0 Å². The second-order valence-electron chi connectivity index (χ2n) is 5.57. The van der Waals surface area contributed by atoms with Gasteiger partial charge in [0.1, 0.15) is 11.2 Å². The molecule has 2 rings (SSSR count). The maximum atomic E-state index is 11.0. The number of hydrogen-bond acceptors (Lipinski definition) is 3. The van der Waals surface area contributed by atoms with Crippen molar-refractivity contribution in [2.24, 2.45) is 5.92 Å². The zero-order valence-corrected chi connectivity index (χ0v) is 11.6. The van der Waals surface area contributed by atoms with Gasteiger partial charge in [-0.05, 0) is 25.0 Å². The summed E-state index contributed by atoms with van der Waals surface area (Å²) in [7, 11) is 0. The summed E-state index contributed by atoms with van der Waals surface area (Å²) in [5.41, 5.74) is -1.90. The van der Waals surface area contributed by atoms with Gasteiger partial charge in [0, 0.05) is 0 Å². The smallest absolute Gasteiger partial charge is 0.314 e. The van der Waals surface area contributed by atoms with E-state index in [1.807, 2.05) is 0 Å². The summed E-state index contributed by atoms with van der Waals surface area (Å²) in [6, 6.07) is 0. The summed E-state index contributed by atoms with van der Waals surface area (Å²) in [4.78, 5) is 11.0. The SMILES string of the molecule is C=CCO[C@]1(C2(O)CCCCC2)C=C[C@@H](C(=O)O)C=C1. The molecule has 4 heteroatoms. The molecule has 0 saturated heterocycles. The minimum atomic E-state index is -0.968. The first-order valence-electron chi connectivity index (χ1n) is 7.12. The molecule has 1 fully saturated rings. The molecule has 0 aromatic heterocycles. The van der Waals surface area contributed by atoms with E-state index in [4.69, 9.17) is 9.84 Å². The third-order valence-corrected chi connectivity index (χ3v) is 4.24. The molecule has 20 heavy (non-hydrogen) atoms. The Kier molecular flexibility index (Phi) is 4.45. The van der Waals surface area contributed by atoms with Gasteiger partial charge in [-0.25, -0.2) is 0 Å². The van der Waals surface area contributed by atoms with Crippen LogP contribution in [0.15, 0.2) is 37.0 Å². The Bertz CT molecular complexity index is 416. The lowest BCUT2D eigenvalue weighted by atomic mass is 9.70. The van der Waals surface area contributed by atoms with Crippen molar-refractivity contribution in [3.63, 3.8) is 0 Å². The first kappa shape index (κ1) is 15.0. The Hall–Kier alpha value is -1.39. The summed E-state index contributed by atoms with van der Waals surface area (Å²) in [6.45, 7) is 3.95. The summed E-state index contributed by atoms with van der Waals surface area (Å²) in [5.74, 6) is -1.55. The van der Waals surface area contributed by atoms with Crippen LogP contribution in [0.25, 0.3) is 0 Å². The molecule has 4 nitrogen and oxygen atoms in total. The summed E-state index contributed by atoms with van der Waals surface area (Å²) < 4.78 is 5.86. The Balaban J connectivity index is 2.28. The lowest BCUT2D eigenvalue weighted by molar-refractivity contribution is -0.145. The van der Waals surface area contributed by atoms with Crippen LogP contribution in [0.4, 0.5) is 0 Å². The Morgan fingerprint density at radius 2 is 1.90 bits per heavy atom. The second kappa shape index (κ2) is 5.94. The summed E-state index contributed by atoms with van der Waals surface area (Å²) in [5, 5.41) is 20.0. The topological polar surface area (TPSA) is 66.8 Å². The van der Waals surface area contributed by atoms with Gasteiger partial charge in [0.25, 0.3) is 0 Å². The number of rotatable bonds is 5. The van der Waals surface area contributed by atoms with E-state index in [0.717, 1.165) is 19.3 Å². The van der Waals surface area contributed by atoms with Gasteiger partial charge in [0.2, 0.25) is 0 Å². The minimum absolute atomic E-state index is 0.314. The molecule has 0 amide bonds. The highest BCUT2D eigenvalue weighted by molar-refractivity contribution is 5.75. The quantitative estimate of drug-likeness (QED) is 0.758. The van der Waals surface area contributed by atoms with E-state index in [2.05, 4.69) is 6.58 Å². The maximum absolute atomic E-state index is 11.0. The summed E-state index contributed by atoms with van der Waals surface area (Å²) >= 11 is 0. The number of carboxylic acids is 1. The number of aliphatic hydroxyl groups is 1. The van der Waals surface area contributed by atoms with Crippen LogP contribution < -0.4 is 0 Å². The van der Waals surface area contributed by atoms with Gasteiger partial charge >= 0.3 is 5.97 Å². The third-order valence-electron chi connectivity index (χ3n) is 4.24. The van der Waals surface area contributed by atoms with Crippen molar-refractivity contribution in [2.45, 2.75) is 43.3 Å². The van der Waals surface area contributed by atoms with Gasteiger partial charge < -0.3 is 14.9 Å². The van der Waals surface area contributed by atoms with E-state index in [-0.39, 0.29) is 0 Å². The molecule has 1 saturated carbocycles. The van der Waals surface area contributed by atoms with Gasteiger partial charge in [-0.3, -0.25) is 4.79 Å². The molecule has 0 heterocycles. The van der Waals surface area contributed by atoms with Gasteiger partial charge in [-0.1, -0.05) is 37.5 Å². The number of aliphatic carboxylic acids is 1. The first-order valence-corrected chi connectivity index (χ1v) is 7.12. The van der Waals surface area contributed by atoms with E-state index in [1.165, 1.54) is 0 Å². The van der Waals surface area contributed by atoms with Crippen LogP contribution in [0, 0.1) is 5.92 Å². The van der Waals surface area contributed by atoms with Crippen molar-refractivity contribution in [1.29, 1.82) is 0 Å². The van der Waals surface area contributed by atoms with Crippen LogP contribution in [0.3, 0.4) is 0 Å². The van der Waals surface area contributed by atoms with Gasteiger partial charge in [-0.15, -0.1) is 6.58 Å². The highest BCUT2D eigenvalue weighted by Gasteiger charge is 2.49. The van der Waals surface area contributed by atoms with Crippen LogP contribution in [-0.4, -0.2) is 34.0 Å². The minimum Gasteiger partial charge on any atom is -0.481 e. The van der Waals surface area contributed by atoms with Gasteiger partial charge in [0.15, 0.2) is 0 Å². The molecule has 0 atom stereocenters. The van der Waals surface area contributed by atoms with Gasteiger partial charge in [-0.2, -0.15) is 0 Å². The highest BCUT2D eigenvalue weighted by atomic mass is 16.5. The molecule has 2 N–H and O–H groups in total. The van der Waals surface area contributed by atoms with Crippen LogP contribution >= 0.6 is 0 Å². The van der Waals surface area contributed by atoms with Crippen LogP contribution in [0.5, 0.6) is 0 Å². The van der Waals surface area contributed by atoms with Crippen molar-refractivity contribution in [1.82, 2.24) is 0 Å². The first-order chi connectivity index (χ1) is 9.53. The van der Waals surface area contributed by atoms with E-state index in [0.29, 0.717) is 19.4 Å². The van der Waals surface area contributed by atoms with Crippen molar-refractivity contribution in [3.8, 4) is 0 Å². The standard InChI is InChI=1S/C16H22O4/c1-2-12-20-16(15(19)8-4-3-5-9-15)10-6-13(7-11-16)14(17)18/h2,6-7,10-11,13,19H,1,3-5,8-9,12H2,(H,17,18)/t13-,16-. The average molecular weight is 278 g/mol. The Morgan fingerprint density at radius 3 is 2.40 bits per heavy atom.